The summed E-state index contributed by atoms with van der Waals surface area (Å²) >= 11 is 2.09. The van der Waals surface area contributed by atoms with E-state index >= 15 is 0 Å². The molecular weight excluding hydrogens is 369 g/mol. The minimum absolute atomic E-state index is 0. The maximum absolute atomic E-state index is 4.71. The first-order valence-electron chi connectivity index (χ1n) is 7.48. The number of guanidine groups is 1. The molecule has 2 aliphatic rings. The van der Waals surface area contributed by atoms with Gasteiger partial charge >= 0.3 is 0 Å². The average molecular weight is 397 g/mol. The highest BCUT2D eigenvalue weighted by Gasteiger charge is 2.17. The van der Waals surface area contributed by atoms with Crippen LogP contribution in [0.15, 0.2) is 4.99 Å². The molecule has 0 radical (unpaired) electrons. The molecule has 5 heteroatoms. The van der Waals surface area contributed by atoms with Crippen molar-refractivity contribution >= 4 is 41.7 Å². The Bertz CT molecular complexity index is 263. The van der Waals surface area contributed by atoms with Gasteiger partial charge in [-0.25, -0.2) is 0 Å². The number of hydrogen-bond acceptors (Lipinski definition) is 2. The summed E-state index contributed by atoms with van der Waals surface area (Å²) in [7, 11) is 0. The van der Waals surface area contributed by atoms with Gasteiger partial charge in [0.1, 0.15) is 0 Å². The quantitative estimate of drug-likeness (QED) is 0.425. The van der Waals surface area contributed by atoms with Crippen LogP contribution in [0.5, 0.6) is 0 Å². The molecule has 0 bridgehead atoms. The highest BCUT2D eigenvalue weighted by Crippen LogP contribution is 2.26. The lowest BCUT2D eigenvalue weighted by Gasteiger charge is -2.25. The topological polar surface area (TPSA) is 36.4 Å². The third kappa shape index (κ3) is 6.56. The Morgan fingerprint density at radius 1 is 1.11 bits per heavy atom. The van der Waals surface area contributed by atoms with Crippen LogP contribution in [0.25, 0.3) is 0 Å². The highest BCUT2D eigenvalue weighted by molar-refractivity contribution is 14.0. The van der Waals surface area contributed by atoms with E-state index in [0.29, 0.717) is 0 Å². The Hall–Kier alpha value is 0.350. The Morgan fingerprint density at radius 2 is 1.84 bits per heavy atom. The number of halogens is 1. The fourth-order valence-electron chi connectivity index (χ4n) is 2.43. The number of rotatable bonds is 5. The minimum Gasteiger partial charge on any atom is -0.357 e. The number of thioether (sulfide) groups is 1. The van der Waals surface area contributed by atoms with E-state index in [-0.39, 0.29) is 24.0 Å². The van der Waals surface area contributed by atoms with Crippen molar-refractivity contribution < 1.29 is 0 Å². The monoisotopic (exact) mass is 397 g/mol. The molecule has 0 aromatic heterocycles. The summed E-state index contributed by atoms with van der Waals surface area (Å²) in [4.78, 5) is 4.71. The van der Waals surface area contributed by atoms with Gasteiger partial charge in [0.15, 0.2) is 5.96 Å². The maximum Gasteiger partial charge on any atom is 0.191 e. The van der Waals surface area contributed by atoms with Gasteiger partial charge in [0.25, 0.3) is 0 Å². The molecule has 0 amide bonds. The average Bonchev–Trinajstić information content (AvgIpc) is 2.35. The second kappa shape index (κ2) is 10.1. The molecule has 2 fully saturated rings. The van der Waals surface area contributed by atoms with E-state index in [2.05, 4.69) is 29.3 Å². The van der Waals surface area contributed by atoms with Crippen molar-refractivity contribution in [2.24, 2.45) is 16.8 Å². The molecular formula is C14H28IN3S. The van der Waals surface area contributed by atoms with Crippen LogP contribution >= 0.6 is 35.7 Å². The summed E-state index contributed by atoms with van der Waals surface area (Å²) in [6, 6.07) is 0. The van der Waals surface area contributed by atoms with Gasteiger partial charge in [-0.2, -0.15) is 11.8 Å². The van der Waals surface area contributed by atoms with Crippen LogP contribution in [0, 0.1) is 11.8 Å². The van der Waals surface area contributed by atoms with E-state index in [9.17, 15) is 0 Å². The number of nitrogens with one attached hydrogen (secondary N) is 2. The zero-order chi connectivity index (χ0) is 12.6. The van der Waals surface area contributed by atoms with Gasteiger partial charge in [0.05, 0.1) is 0 Å². The molecule has 1 aliphatic carbocycles. The Kier molecular flexibility index (Phi) is 9.28. The van der Waals surface area contributed by atoms with Crippen LogP contribution < -0.4 is 10.6 Å². The first kappa shape index (κ1) is 17.4. The van der Waals surface area contributed by atoms with Crippen LogP contribution in [0.4, 0.5) is 0 Å². The lowest BCUT2D eigenvalue weighted by molar-refractivity contribution is 0.325. The van der Waals surface area contributed by atoms with Crippen molar-refractivity contribution in [3.8, 4) is 0 Å². The second-order valence-corrected chi connectivity index (χ2v) is 6.68. The van der Waals surface area contributed by atoms with Crippen molar-refractivity contribution in [2.75, 3.05) is 31.1 Å². The molecule has 1 saturated carbocycles. The zero-order valence-electron chi connectivity index (χ0n) is 12.0. The van der Waals surface area contributed by atoms with E-state index in [1.54, 1.807) is 0 Å². The summed E-state index contributed by atoms with van der Waals surface area (Å²) in [5, 5.41) is 6.88. The number of aliphatic imine (C=N–C) groups is 1. The van der Waals surface area contributed by atoms with Crippen LogP contribution in [0.2, 0.25) is 0 Å². The second-order valence-electron chi connectivity index (χ2n) is 5.45. The summed E-state index contributed by atoms with van der Waals surface area (Å²) in [5.41, 5.74) is 0. The molecule has 1 aliphatic heterocycles. The van der Waals surface area contributed by atoms with Crippen molar-refractivity contribution in [3.63, 3.8) is 0 Å². The van der Waals surface area contributed by atoms with Crippen molar-refractivity contribution in [1.82, 2.24) is 10.6 Å². The van der Waals surface area contributed by atoms with Gasteiger partial charge in [-0.1, -0.05) is 6.42 Å². The largest absolute Gasteiger partial charge is 0.357 e. The summed E-state index contributed by atoms with van der Waals surface area (Å²) in [6.45, 7) is 5.20. The number of hydrogen-bond donors (Lipinski definition) is 2. The standard InChI is InChI=1S/C14H27N3S.HI/c1-2-15-14(16-10-12-4-3-5-12)17-11-13-6-8-18-9-7-13;/h12-13H,2-11H2,1H3,(H2,15,16,17);1H. The molecule has 0 aromatic rings. The van der Waals surface area contributed by atoms with Crippen molar-refractivity contribution in [2.45, 2.75) is 39.0 Å². The lowest BCUT2D eigenvalue weighted by Crippen LogP contribution is -2.40. The highest BCUT2D eigenvalue weighted by atomic mass is 127. The van der Waals surface area contributed by atoms with Crippen molar-refractivity contribution in [3.05, 3.63) is 0 Å². The minimum atomic E-state index is 0. The van der Waals surface area contributed by atoms with Gasteiger partial charge in [-0.15, -0.1) is 24.0 Å². The van der Waals surface area contributed by atoms with Gasteiger partial charge in [-0.05, 0) is 55.9 Å². The van der Waals surface area contributed by atoms with Crippen molar-refractivity contribution in [1.29, 1.82) is 0 Å². The molecule has 0 aromatic carbocycles. The first-order chi connectivity index (χ1) is 8.88. The molecule has 2 rings (SSSR count). The third-order valence-corrected chi connectivity index (χ3v) is 5.02. The van der Waals surface area contributed by atoms with Gasteiger partial charge in [0, 0.05) is 19.6 Å². The van der Waals surface area contributed by atoms with Crippen LogP contribution in [0.1, 0.15) is 39.0 Å². The van der Waals surface area contributed by atoms with Gasteiger partial charge in [-0.3, -0.25) is 4.99 Å². The maximum atomic E-state index is 4.71. The lowest BCUT2D eigenvalue weighted by atomic mass is 9.86. The predicted molar refractivity (Wildman–Crippen MR) is 96.8 cm³/mol. The SMILES string of the molecule is CCNC(=NCC1CCC1)NCC1CCSCC1.I. The van der Waals surface area contributed by atoms with Crippen LogP contribution in [-0.2, 0) is 0 Å². The molecule has 19 heavy (non-hydrogen) atoms. The van der Waals surface area contributed by atoms with Gasteiger partial charge in [0.2, 0.25) is 0 Å². The molecule has 2 N–H and O–H groups in total. The Labute approximate surface area is 139 Å². The van der Waals surface area contributed by atoms with E-state index < -0.39 is 0 Å². The molecule has 0 unspecified atom stereocenters. The van der Waals surface area contributed by atoms with Crippen LogP contribution in [-0.4, -0.2) is 37.1 Å². The van der Waals surface area contributed by atoms with Crippen LogP contribution in [0.3, 0.4) is 0 Å². The summed E-state index contributed by atoms with van der Waals surface area (Å²) in [6.07, 6.45) is 6.88. The fourth-order valence-corrected chi connectivity index (χ4v) is 3.63. The Morgan fingerprint density at radius 3 is 2.42 bits per heavy atom. The number of nitrogens with zero attached hydrogens (tertiary/aromatic N) is 1. The fraction of sp³-hybridized carbons (Fsp3) is 0.929. The molecule has 1 saturated heterocycles. The normalized spacial score (nSPS) is 21.4. The molecule has 1 heterocycles. The predicted octanol–water partition coefficient (Wildman–Crippen LogP) is 3.10. The van der Waals surface area contributed by atoms with E-state index in [0.717, 1.165) is 37.4 Å². The molecule has 3 nitrogen and oxygen atoms in total. The van der Waals surface area contributed by atoms with Gasteiger partial charge < -0.3 is 10.6 Å². The molecule has 112 valence electrons. The third-order valence-electron chi connectivity index (χ3n) is 3.98. The first-order valence-corrected chi connectivity index (χ1v) is 8.64. The summed E-state index contributed by atoms with van der Waals surface area (Å²) < 4.78 is 0. The smallest absolute Gasteiger partial charge is 0.191 e. The van der Waals surface area contributed by atoms with E-state index in [1.807, 2.05) is 0 Å². The zero-order valence-corrected chi connectivity index (χ0v) is 15.1. The molecule has 0 spiro atoms. The summed E-state index contributed by atoms with van der Waals surface area (Å²) in [5.74, 6) is 5.40. The molecule has 0 atom stereocenters. The van der Waals surface area contributed by atoms with E-state index in [1.165, 1.54) is 43.6 Å². The Balaban J connectivity index is 0.00000180. The van der Waals surface area contributed by atoms with E-state index in [4.69, 9.17) is 4.99 Å².